The Morgan fingerprint density at radius 2 is 1.95 bits per heavy atom. The summed E-state index contributed by atoms with van der Waals surface area (Å²) in [4.78, 5) is 11.9. The van der Waals surface area contributed by atoms with E-state index in [4.69, 9.17) is 15.2 Å². The molecule has 0 aliphatic rings. The topological polar surface area (TPSA) is 73.6 Å². The highest BCUT2D eigenvalue weighted by Crippen LogP contribution is 2.30. The lowest BCUT2D eigenvalue weighted by atomic mass is 10.0. The predicted molar refractivity (Wildman–Crippen MR) is 86.1 cm³/mol. The standard InChI is InChI=1S/C15H24N2O3.ClH/c1-10(2)8-12(16)15(18)17-9-11-6-5-7-13(19-3)14(11)20-4;/h5-7,10,12H,8-9,16H2,1-4H3,(H,17,18);1H/t12-;/m0./s1. The van der Waals surface area contributed by atoms with Gasteiger partial charge in [0.1, 0.15) is 0 Å². The minimum Gasteiger partial charge on any atom is -0.493 e. The molecule has 0 aromatic heterocycles. The Balaban J connectivity index is 0.00000400. The molecule has 3 N–H and O–H groups in total. The van der Waals surface area contributed by atoms with Crippen molar-refractivity contribution in [2.75, 3.05) is 14.2 Å². The van der Waals surface area contributed by atoms with Crippen molar-refractivity contribution in [2.24, 2.45) is 11.7 Å². The van der Waals surface area contributed by atoms with E-state index in [9.17, 15) is 4.79 Å². The average molecular weight is 317 g/mol. The number of halogens is 1. The number of methoxy groups -OCH3 is 2. The van der Waals surface area contributed by atoms with E-state index in [2.05, 4.69) is 5.32 Å². The van der Waals surface area contributed by atoms with Crippen molar-refractivity contribution in [3.05, 3.63) is 23.8 Å². The number of ether oxygens (including phenoxy) is 2. The minimum absolute atomic E-state index is 0. The number of benzene rings is 1. The van der Waals surface area contributed by atoms with Gasteiger partial charge >= 0.3 is 0 Å². The predicted octanol–water partition coefficient (Wildman–Crippen LogP) is 2.12. The second kappa shape index (κ2) is 9.47. The van der Waals surface area contributed by atoms with Crippen LogP contribution in [0.1, 0.15) is 25.8 Å². The number of rotatable bonds is 7. The van der Waals surface area contributed by atoms with Crippen molar-refractivity contribution in [3.8, 4) is 11.5 Å². The van der Waals surface area contributed by atoms with E-state index in [0.29, 0.717) is 30.4 Å². The first-order valence-electron chi connectivity index (χ1n) is 6.72. The van der Waals surface area contributed by atoms with Crippen molar-refractivity contribution in [3.63, 3.8) is 0 Å². The summed E-state index contributed by atoms with van der Waals surface area (Å²) in [6.45, 7) is 4.45. The van der Waals surface area contributed by atoms with E-state index in [-0.39, 0.29) is 18.3 Å². The molecule has 0 heterocycles. The molecule has 0 fully saturated rings. The highest BCUT2D eigenvalue weighted by Gasteiger charge is 2.16. The van der Waals surface area contributed by atoms with E-state index in [1.807, 2.05) is 32.0 Å². The summed E-state index contributed by atoms with van der Waals surface area (Å²) < 4.78 is 10.5. The molecule has 0 spiro atoms. The SMILES string of the molecule is COc1cccc(CNC(=O)[C@@H](N)CC(C)C)c1OC.Cl. The van der Waals surface area contributed by atoms with Crippen LogP contribution in [-0.2, 0) is 11.3 Å². The van der Waals surface area contributed by atoms with Gasteiger partial charge in [0, 0.05) is 12.1 Å². The number of hydrogen-bond acceptors (Lipinski definition) is 4. The summed E-state index contributed by atoms with van der Waals surface area (Å²) in [5.74, 6) is 1.52. The molecule has 120 valence electrons. The summed E-state index contributed by atoms with van der Waals surface area (Å²) in [5.41, 5.74) is 6.70. The molecule has 1 rings (SSSR count). The zero-order valence-corrected chi connectivity index (χ0v) is 13.8. The van der Waals surface area contributed by atoms with E-state index < -0.39 is 6.04 Å². The zero-order chi connectivity index (χ0) is 15.1. The van der Waals surface area contributed by atoms with Crippen LogP contribution in [0, 0.1) is 5.92 Å². The Morgan fingerprint density at radius 1 is 1.29 bits per heavy atom. The maximum Gasteiger partial charge on any atom is 0.237 e. The molecule has 0 aliphatic heterocycles. The normalized spacial score (nSPS) is 11.5. The first-order chi connectivity index (χ1) is 9.49. The molecule has 0 aliphatic carbocycles. The van der Waals surface area contributed by atoms with Crippen LogP contribution in [0.5, 0.6) is 11.5 Å². The molecule has 1 atom stereocenters. The summed E-state index contributed by atoms with van der Waals surface area (Å²) in [5, 5.41) is 2.83. The molecule has 5 nitrogen and oxygen atoms in total. The zero-order valence-electron chi connectivity index (χ0n) is 13.0. The number of para-hydroxylation sites is 1. The number of carbonyl (C=O) groups is 1. The van der Waals surface area contributed by atoms with Gasteiger partial charge in [-0.25, -0.2) is 0 Å². The molecule has 1 amide bonds. The van der Waals surface area contributed by atoms with Gasteiger partial charge in [0.25, 0.3) is 0 Å². The van der Waals surface area contributed by atoms with Gasteiger partial charge in [-0.05, 0) is 18.4 Å². The van der Waals surface area contributed by atoms with Gasteiger partial charge < -0.3 is 20.5 Å². The van der Waals surface area contributed by atoms with Crippen LogP contribution in [0.15, 0.2) is 18.2 Å². The molecule has 0 bridgehead atoms. The number of hydrogen-bond donors (Lipinski definition) is 2. The monoisotopic (exact) mass is 316 g/mol. The summed E-state index contributed by atoms with van der Waals surface area (Å²) in [6, 6.07) is 5.08. The fourth-order valence-corrected chi connectivity index (χ4v) is 2.02. The Labute approximate surface area is 132 Å². The molecule has 0 radical (unpaired) electrons. The van der Waals surface area contributed by atoms with Crippen LogP contribution in [0.25, 0.3) is 0 Å². The van der Waals surface area contributed by atoms with Gasteiger partial charge in [-0.2, -0.15) is 0 Å². The van der Waals surface area contributed by atoms with E-state index in [1.165, 1.54) is 0 Å². The van der Waals surface area contributed by atoms with Crippen molar-refractivity contribution in [1.29, 1.82) is 0 Å². The van der Waals surface area contributed by atoms with Gasteiger partial charge in [-0.15, -0.1) is 12.4 Å². The molecule has 0 unspecified atom stereocenters. The van der Waals surface area contributed by atoms with Crippen molar-refractivity contribution in [2.45, 2.75) is 32.9 Å². The first kappa shape index (κ1) is 19.5. The van der Waals surface area contributed by atoms with Gasteiger partial charge in [0.05, 0.1) is 20.3 Å². The van der Waals surface area contributed by atoms with Crippen molar-refractivity contribution < 1.29 is 14.3 Å². The largest absolute Gasteiger partial charge is 0.493 e. The van der Waals surface area contributed by atoms with Crippen LogP contribution >= 0.6 is 12.4 Å². The van der Waals surface area contributed by atoms with Crippen molar-refractivity contribution in [1.82, 2.24) is 5.32 Å². The molecule has 1 aromatic carbocycles. The maximum absolute atomic E-state index is 11.9. The third-order valence-electron chi connectivity index (χ3n) is 3.00. The number of nitrogens with one attached hydrogen (secondary N) is 1. The van der Waals surface area contributed by atoms with Gasteiger partial charge in [0.15, 0.2) is 11.5 Å². The molecule has 21 heavy (non-hydrogen) atoms. The van der Waals surface area contributed by atoms with E-state index >= 15 is 0 Å². The van der Waals surface area contributed by atoms with Gasteiger partial charge in [-0.3, -0.25) is 4.79 Å². The highest BCUT2D eigenvalue weighted by molar-refractivity contribution is 5.85. The summed E-state index contributed by atoms with van der Waals surface area (Å²) >= 11 is 0. The molecular weight excluding hydrogens is 292 g/mol. The minimum atomic E-state index is -0.480. The number of amides is 1. The number of carbonyl (C=O) groups excluding carboxylic acids is 1. The summed E-state index contributed by atoms with van der Waals surface area (Å²) in [7, 11) is 3.16. The fraction of sp³-hybridized carbons (Fsp3) is 0.533. The molecule has 0 saturated carbocycles. The van der Waals surface area contributed by atoms with Crippen LogP contribution < -0.4 is 20.5 Å². The number of nitrogens with two attached hydrogens (primary N) is 1. The van der Waals surface area contributed by atoms with Crippen LogP contribution in [-0.4, -0.2) is 26.2 Å². The molecule has 0 saturated heterocycles. The quantitative estimate of drug-likeness (QED) is 0.808. The second-order valence-electron chi connectivity index (χ2n) is 5.11. The third kappa shape index (κ3) is 5.81. The average Bonchev–Trinajstić information content (AvgIpc) is 2.43. The van der Waals surface area contributed by atoms with Crippen molar-refractivity contribution >= 4 is 18.3 Å². The van der Waals surface area contributed by atoms with E-state index in [0.717, 1.165) is 5.56 Å². The Morgan fingerprint density at radius 3 is 2.48 bits per heavy atom. The highest BCUT2D eigenvalue weighted by atomic mass is 35.5. The lowest BCUT2D eigenvalue weighted by molar-refractivity contribution is -0.122. The van der Waals surface area contributed by atoms with E-state index in [1.54, 1.807) is 14.2 Å². The lowest BCUT2D eigenvalue weighted by Crippen LogP contribution is -2.41. The maximum atomic E-state index is 11.9. The second-order valence-corrected chi connectivity index (χ2v) is 5.11. The third-order valence-corrected chi connectivity index (χ3v) is 3.00. The summed E-state index contributed by atoms with van der Waals surface area (Å²) in [6.07, 6.45) is 0.668. The molecule has 1 aromatic rings. The molecular formula is C15H25ClN2O3. The Kier molecular flexibility index (Phi) is 8.81. The van der Waals surface area contributed by atoms with Crippen LogP contribution in [0.3, 0.4) is 0 Å². The lowest BCUT2D eigenvalue weighted by Gasteiger charge is -2.16. The van der Waals surface area contributed by atoms with Crippen LogP contribution in [0.4, 0.5) is 0 Å². The Bertz CT molecular complexity index is 453. The first-order valence-corrected chi connectivity index (χ1v) is 6.72. The fourth-order valence-electron chi connectivity index (χ4n) is 2.02. The smallest absolute Gasteiger partial charge is 0.237 e. The van der Waals surface area contributed by atoms with Gasteiger partial charge in [-0.1, -0.05) is 26.0 Å². The van der Waals surface area contributed by atoms with Gasteiger partial charge in [0.2, 0.25) is 5.91 Å². The van der Waals surface area contributed by atoms with Crippen LogP contribution in [0.2, 0.25) is 0 Å². The molecule has 6 heteroatoms. The Hall–Kier alpha value is -1.46.